The van der Waals surface area contributed by atoms with Gasteiger partial charge in [-0.1, -0.05) is 42.1 Å². The van der Waals surface area contributed by atoms with Crippen molar-refractivity contribution >= 4 is 45.7 Å². The molecule has 0 spiro atoms. The third kappa shape index (κ3) is 5.97. The number of hydrogen-bond acceptors (Lipinski definition) is 5. The largest absolute Gasteiger partial charge is 0.494 e. The molecule has 196 valence electrons. The van der Waals surface area contributed by atoms with Gasteiger partial charge in [0.15, 0.2) is 0 Å². The Morgan fingerprint density at radius 3 is 2.49 bits per heavy atom. The van der Waals surface area contributed by atoms with Gasteiger partial charge in [-0.15, -0.1) is 0 Å². The maximum Gasteiger partial charge on any atom is 0.257 e. The maximum atomic E-state index is 13.1. The molecule has 3 aromatic rings. The van der Waals surface area contributed by atoms with E-state index in [1.807, 2.05) is 36.4 Å². The molecule has 1 saturated carbocycles. The molecule has 0 bridgehead atoms. The molecule has 0 atom stereocenters. The minimum Gasteiger partial charge on any atom is -0.494 e. The molecule has 2 heterocycles. The summed E-state index contributed by atoms with van der Waals surface area (Å²) < 4.78 is 7.38. The number of halogens is 2. The minimum absolute atomic E-state index is 0.0581. The Morgan fingerprint density at radius 2 is 1.70 bits per heavy atom. The number of rotatable bonds is 8. The van der Waals surface area contributed by atoms with Gasteiger partial charge in [0.25, 0.3) is 5.56 Å². The SMILES string of the molecule is O=C(C1CCCC1)n1c(=O)ccc2ccc(OCCCCN3CCN(c4cccc(Cl)c4Cl)CC3)cc21. The van der Waals surface area contributed by atoms with Gasteiger partial charge in [-0.05, 0) is 67.9 Å². The second-order valence-electron chi connectivity index (χ2n) is 10.0. The summed E-state index contributed by atoms with van der Waals surface area (Å²) in [5, 5.41) is 2.09. The van der Waals surface area contributed by atoms with E-state index in [4.69, 9.17) is 27.9 Å². The van der Waals surface area contributed by atoms with Crippen molar-refractivity contribution < 1.29 is 9.53 Å². The lowest BCUT2D eigenvalue weighted by atomic mass is 10.1. The number of anilines is 1. The Labute approximate surface area is 227 Å². The highest BCUT2D eigenvalue weighted by molar-refractivity contribution is 6.43. The van der Waals surface area contributed by atoms with Crippen LogP contribution >= 0.6 is 23.2 Å². The zero-order valence-corrected chi connectivity index (χ0v) is 22.5. The van der Waals surface area contributed by atoms with Crippen LogP contribution in [0, 0.1) is 5.92 Å². The van der Waals surface area contributed by atoms with E-state index >= 15 is 0 Å². The van der Waals surface area contributed by atoms with E-state index in [1.54, 1.807) is 6.07 Å². The molecule has 37 heavy (non-hydrogen) atoms. The average molecular weight is 543 g/mol. The maximum absolute atomic E-state index is 13.1. The number of ether oxygens (including phenoxy) is 1. The van der Waals surface area contributed by atoms with Crippen LogP contribution in [0.15, 0.2) is 53.3 Å². The molecule has 0 N–H and O–H groups in total. The topological polar surface area (TPSA) is 54.8 Å². The Kier molecular flexibility index (Phi) is 8.38. The molecule has 1 saturated heterocycles. The lowest BCUT2D eigenvalue weighted by molar-refractivity contribution is 0.0838. The van der Waals surface area contributed by atoms with Crippen molar-refractivity contribution in [1.82, 2.24) is 9.47 Å². The number of carbonyl (C=O) groups is 1. The van der Waals surface area contributed by atoms with Crippen LogP contribution in [0.4, 0.5) is 5.69 Å². The summed E-state index contributed by atoms with van der Waals surface area (Å²) in [5.41, 5.74) is 1.38. The number of aromatic nitrogens is 1. The monoisotopic (exact) mass is 541 g/mol. The number of fused-ring (bicyclic) bond motifs is 1. The van der Waals surface area contributed by atoms with Gasteiger partial charge in [0.05, 0.1) is 27.9 Å². The number of pyridine rings is 1. The minimum atomic E-state index is -0.265. The van der Waals surface area contributed by atoms with Crippen LogP contribution < -0.4 is 15.2 Å². The Hall–Kier alpha value is -2.54. The van der Waals surface area contributed by atoms with Crippen LogP contribution in [-0.2, 0) is 0 Å². The fourth-order valence-electron chi connectivity index (χ4n) is 5.46. The van der Waals surface area contributed by atoms with Crippen LogP contribution in [-0.4, -0.2) is 54.7 Å². The molecule has 1 aliphatic carbocycles. The van der Waals surface area contributed by atoms with Gasteiger partial charge < -0.3 is 9.64 Å². The van der Waals surface area contributed by atoms with Gasteiger partial charge in [0, 0.05) is 44.2 Å². The van der Waals surface area contributed by atoms with Gasteiger partial charge in [-0.3, -0.25) is 14.5 Å². The molecular weight excluding hydrogens is 509 g/mol. The van der Waals surface area contributed by atoms with Crippen LogP contribution in [0.3, 0.4) is 0 Å². The first-order valence-electron chi connectivity index (χ1n) is 13.3. The van der Waals surface area contributed by atoms with E-state index < -0.39 is 0 Å². The average Bonchev–Trinajstić information content (AvgIpc) is 3.45. The second-order valence-corrected chi connectivity index (χ2v) is 10.8. The molecule has 1 aromatic heterocycles. The van der Waals surface area contributed by atoms with Gasteiger partial charge in [-0.25, -0.2) is 4.57 Å². The van der Waals surface area contributed by atoms with Crippen molar-refractivity contribution in [3.63, 3.8) is 0 Å². The second kappa shape index (κ2) is 11.9. The number of hydrogen-bond donors (Lipinski definition) is 0. The number of nitrogens with zero attached hydrogens (tertiary/aromatic N) is 3. The highest BCUT2D eigenvalue weighted by Gasteiger charge is 2.26. The molecule has 0 unspecified atom stereocenters. The number of carbonyl (C=O) groups excluding carboxylic acids is 1. The summed E-state index contributed by atoms with van der Waals surface area (Å²) in [6, 6.07) is 14.7. The molecule has 8 heteroatoms. The Balaban J connectivity index is 1.11. The molecule has 2 aliphatic rings. The van der Waals surface area contributed by atoms with Crippen molar-refractivity contribution in [2.24, 2.45) is 5.92 Å². The standard InChI is InChI=1S/C29H33Cl2N3O3/c30-24-8-5-9-25(28(24)31)33-17-15-32(16-18-33)14-3-4-19-37-23-12-10-21-11-13-27(35)34(26(21)20-23)29(36)22-6-1-2-7-22/h5,8-13,20,22H,1-4,6-7,14-19H2. The zero-order chi connectivity index (χ0) is 25.8. The third-order valence-corrected chi connectivity index (χ3v) is 8.38. The predicted octanol–water partition coefficient (Wildman–Crippen LogP) is 6.12. The van der Waals surface area contributed by atoms with Gasteiger partial charge >= 0.3 is 0 Å². The Bertz CT molecular complexity index is 1310. The molecule has 5 rings (SSSR count). The molecule has 6 nitrogen and oxygen atoms in total. The van der Waals surface area contributed by atoms with Crippen molar-refractivity contribution in [1.29, 1.82) is 0 Å². The zero-order valence-electron chi connectivity index (χ0n) is 21.0. The van der Waals surface area contributed by atoms with Crippen molar-refractivity contribution in [3.05, 3.63) is 68.9 Å². The quantitative estimate of drug-likeness (QED) is 0.321. The number of benzene rings is 2. The Morgan fingerprint density at radius 1 is 0.946 bits per heavy atom. The molecular formula is C29H33Cl2N3O3. The van der Waals surface area contributed by atoms with E-state index in [1.165, 1.54) is 10.6 Å². The molecule has 2 fully saturated rings. The normalized spacial score (nSPS) is 17.0. The summed E-state index contributed by atoms with van der Waals surface area (Å²) in [4.78, 5) is 30.4. The first-order chi connectivity index (χ1) is 18.0. The smallest absolute Gasteiger partial charge is 0.257 e. The van der Waals surface area contributed by atoms with E-state index in [9.17, 15) is 9.59 Å². The molecule has 2 aromatic carbocycles. The van der Waals surface area contributed by atoms with E-state index in [2.05, 4.69) is 9.80 Å². The highest BCUT2D eigenvalue weighted by atomic mass is 35.5. The number of piperazine rings is 1. The summed E-state index contributed by atoms with van der Waals surface area (Å²) in [6.45, 7) is 5.44. The first kappa shape index (κ1) is 26.1. The first-order valence-corrected chi connectivity index (χ1v) is 14.0. The fourth-order valence-corrected chi connectivity index (χ4v) is 5.88. The van der Waals surface area contributed by atoms with E-state index in [-0.39, 0.29) is 17.4 Å². The van der Waals surface area contributed by atoms with Crippen LogP contribution in [0.1, 0.15) is 43.3 Å². The highest BCUT2D eigenvalue weighted by Crippen LogP contribution is 2.33. The van der Waals surface area contributed by atoms with Gasteiger partial charge in [0.1, 0.15) is 5.75 Å². The van der Waals surface area contributed by atoms with Crippen molar-refractivity contribution in [2.75, 3.05) is 44.2 Å². The summed E-state index contributed by atoms with van der Waals surface area (Å²) in [5.74, 6) is 0.554. The lowest BCUT2D eigenvalue weighted by Gasteiger charge is -2.36. The van der Waals surface area contributed by atoms with Crippen molar-refractivity contribution in [2.45, 2.75) is 38.5 Å². The summed E-state index contributed by atoms with van der Waals surface area (Å²) in [7, 11) is 0. The lowest BCUT2D eigenvalue weighted by Crippen LogP contribution is -2.46. The van der Waals surface area contributed by atoms with Crippen LogP contribution in [0.5, 0.6) is 5.75 Å². The summed E-state index contributed by atoms with van der Waals surface area (Å²) >= 11 is 12.6. The fraction of sp³-hybridized carbons (Fsp3) is 0.448. The third-order valence-electron chi connectivity index (χ3n) is 7.58. The molecule has 1 aliphatic heterocycles. The number of unbranched alkanes of at least 4 members (excludes halogenated alkanes) is 1. The van der Waals surface area contributed by atoms with E-state index in [0.717, 1.165) is 82.3 Å². The van der Waals surface area contributed by atoms with Gasteiger partial charge in [-0.2, -0.15) is 0 Å². The van der Waals surface area contributed by atoms with Gasteiger partial charge in [0.2, 0.25) is 5.91 Å². The van der Waals surface area contributed by atoms with Crippen LogP contribution in [0.25, 0.3) is 10.9 Å². The molecule has 0 amide bonds. The molecule has 0 radical (unpaired) electrons. The predicted molar refractivity (Wildman–Crippen MR) is 151 cm³/mol. The summed E-state index contributed by atoms with van der Waals surface area (Å²) in [6.07, 6.45) is 5.80. The van der Waals surface area contributed by atoms with Crippen molar-refractivity contribution in [3.8, 4) is 5.75 Å². The van der Waals surface area contributed by atoms with E-state index in [0.29, 0.717) is 27.9 Å². The van der Waals surface area contributed by atoms with Crippen LogP contribution in [0.2, 0.25) is 10.0 Å².